The van der Waals surface area contributed by atoms with Crippen molar-refractivity contribution in [3.05, 3.63) is 53.6 Å². The summed E-state index contributed by atoms with van der Waals surface area (Å²) in [4.78, 5) is 27.5. The molecule has 2 amide bonds. The molecule has 0 unspecified atom stereocenters. The first-order chi connectivity index (χ1) is 14.2. The summed E-state index contributed by atoms with van der Waals surface area (Å²) in [5.74, 6) is 1.29. The second-order valence-electron chi connectivity index (χ2n) is 8.55. The molecule has 0 aromatic heterocycles. The molecule has 1 N–H and O–H groups in total. The van der Waals surface area contributed by atoms with E-state index in [9.17, 15) is 9.59 Å². The summed E-state index contributed by atoms with van der Waals surface area (Å²) in [6.07, 6.45) is 1.79. The first kappa shape index (κ1) is 21.7. The van der Waals surface area contributed by atoms with Crippen LogP contribution in [0.25, 0.3) is 0 Å². The van der Waals surface area contributed by atoms with Gasteiger partial charge in [-0.2, -0.15) is 0 Å². The highest BCUT2D eigenvalue weighted by Gasteiger charge is 2.32. The van der Waals surface area contributed by atoms with E-state index in [4.69, 9.17) is 9.47 Å². The van der Waals surface area contributed by atoms with Gasteiger partial charge < -0.3 is 19.7 Å². The van der Waals surface area contributed by atoms with Gasteiger partial charge in [0.15, 0.2) is 0 Å². The highest BCUT2D eigenvalue weighted by atomic mass is 16.5. The number of carbonyl (C=O) groups is 2. The van der Waals surface area contributed by atoms with Crippen molar-refractivity contribution in [3.8, 4) is 11.5 Å². The third-order valence-electron chi connectivity index (χ3n) is 5.36. The van der Waals surface area contributed by atoms with Gasteiger partial charge in [-0.25, -0.2) is 0 Å². The lowest BCUT2D eigenvalue weighted by Crippen LogP contribution is -2.31. The quantitative estimate of drug-likeness (QED) is 0.778. The molecule has 1 heterocycles. The van der Waals surface area contributed by atoms with Gasteiger partial charge in [0.1, 0.15) is 11.5 Å². The summed E-state index contributed by atoms with van der Waals surface area (Å²) in [6, 6.07) is 12.8. The van der Waals surface area contributed by atoms with Crippen LogP contribution in [0.4, 0.5) is 5.69 Å². The SMILES string of the molecule is COc1ccc([C@@H]2CCCN2C(=O)c2cccc(NC(=O)C(C)(C)C)c2)c(OC)c1. The summed E-state index contributed by atoms with van der Waals surface area (Å²) in [7, 11) is 3.24. The van der Waals surface area contributed by atoms with Crippen LogP contribution in [0.2, 0.25) is 0 Å². The maximum absolute atomic E-state index is 13.3. The fourth-order valence-corrected chi connectivity index (χ4v) is 3.64. The molecule has 160 valence electrons. The van der Waals surface area contributed by atoms with Gasteiger partial charge in [0.25, 0.3) is 5.91 Å². The molecular formula is C24H30N2O4. The van der Waals surface area contributed by atoms with Crippen LogP contribution in [-0.2, 0) is 4.79 Å². The Bertz CT molecular complexity index is 933. The average molecular weight is 411 g/mol. The van der Waals surface area contributed by atoms with Crippen molar-refractivity contribution in [3.63, 3.8) is 0 Å². The highest BCUT2D eigenvalue weighted by molar-refractivity contribution is 5.98. The Balaban J connectivity index is 1.85. The van der Waals surface area contributed by atoms with Crippen molar-refractivity contribution < 1.29 is 19.1 Å². The lowest BCUT2D eigenvalue weighted by molar-refractivity contribution is -0.123. The predicted molar refractivity (Wildman–Crippen MR) is 117 cm³/mol. The molecule has 1 fully saturated rings. The fourth-order valence-electron chi connectivity index (χ4n) is 3.64. The van der Waals surface area contributed by atoms with E-state index in [0.717, 1.165) is 18.4 Å². The molecule has 3 rings (SSSR count). The Morgan fingerprint density at radius 3 is 2.50 bits per heavy atom. The van der Waals surface area contributed by atoms with Gasteiger partial charge in [0.05, 0.1) is 20.3 Å². The van der Waals surface area contributed by atoms with Crippen LogP contribution >= 0.6 is 0 Å². The number of hydrogen-bond acceptors (Lipinski definition) is 4. The Morgan fingerprint density at radius 2 is 1.83 bits per heavy atom. The number of nitrogens with zero attached hydrogens (tertiary/aromatic N) is 1. The first-order valence-electron chi connectivity index (χ1n) is 10.2. The summed E-state index contributed by atoms with van der Waals surface area (Å²) in [6.45, 7) is 6.24. The minimum atomic E-state index is -0.509. The number of carbonyl (C=O) groups excluding carboxylic acids is 2. The highest BCUT2D eigenvalue weighted by Crippen LogP contribution is 2.39. The maximum Gasteiger partial charge on any atom is 0.254 e. The molecule has 1 aliphatic heterocycles. The van der Waals surface area contributed by atoms with Crippen molar-refractivity contribution >= 4 is 17.5 Å². The zero-order valence-electron chi connectivity index (χ0n) is 18.3. The Morgan fingerprint density at radius 1 is 1.07 bits per heavy atom. The van der Waals surface area contributed by atoms with E-state index in [-0.39, 0.29) is 17.9 Å². The molecule has 0 aliphatic carbocycles. The van der Waals surface area contributed by atoms with E-state index in [1.165, 1.54) is 0 Å². The number of rotatable bonds is 5. The average Bonchev–Trinajstić information content (AvgIpc) is 3.21. The van der Waals surface area contributed by atoms with E-state index in [1.54, 1.807) is 38.5 Å². The van der Waals surface area contributed by atoms with Crippen molar-refractivity contribution in [2.24, 2.45) is 5.41 Å². The molecule has 0 spiro atoms. The molecule has 30 heavy (non-hydrogen) atoms. The van der Waals surface area contributed by atoms with E-state index in [1.807, 2.05) is 43.9 Å². The summed E-state index contributed by atoms with van der Waals surface area (Å²) in [5, 5.41) is 2.90. The number of nitrogens with one attached hydrogen (secondary N) is 1. The minimum Gasteiger partial charge on any atom is -0.497 e. The molecule has 1 aliphatic rings. The lowest BCUT2D eigenvalue weighted by Gasteiger charge is -2.27. The number of hydrogen-bond donors (Lipinski definition) is 1. The number of methoxy groups -OCH3 is 2. The normalized spacial score (nSPS) is 16.3. The van der Waals surface area contributed by atoms with Gasteiger partial charge in [-0.3, -0.25) is 9.59 Å². The number of anilines is 1. The van der Waals surface area contributed by atoms with Crippen molar-refractivity contribution in [1.82, 2.24) is 4.90 Å². The van der Waals surface area contributed by atoms with Gasteiger partial charge in [0, 0.05) is 34.8 Å². The van der Waals surface area contributed by atoms with E-state index >= 15 is 0 Å². The van der Waals surface area contributed by atoms with Gasteiger partial charge >= 0.3 is 0 Å². The molecule has 2 aromatic rings. The topological polar surface area (TPSA) is 67.9 Å². The molecule has 2 aromatic carbocycles. The van der Waals surface area contributed by atoms with Gasteiger partial charge in [-0.1, -0.05) is 26.8 Å². The van der Waals surface area contributed by atoms with Crippen molar-refractivity contribution in [2.45, 2.75) is 39.7 Å². The molecule has 1 atom stereocenters. The Labute approximate surface area is 178 Å². The molecule has 0 radical (unpaired) electrons. The molecular weight excluding hydrogens is 380 g/mol. The smallest absolute Gasteiger partial charge is 0.254 e. The zero-order valence-corrected chi connectivity index (χ0v) is 18.3. The number of amides is 2. The van der Waals surface area contributed by atoms with Crippen LogP contribution in [0, 0.1) is 5.41 Å². The van der Waals surface area contributed by atoms with Gasteiger partial charge in [0.2, 0.25) is 5.91 Å². The number of likely N-dealkylation sites (tertiary alicyclic amines) is 1. The largest absolute Gasteiger partial charge is 0.497 e. The molecule has 0 saturated carbocycles. The van der Waals surface area contributed by atoms with Crippen molar-refractivity contribution in [2.75, 3.05) is 26.1 Å². The number of benzene rings is 2. The first-order valence-corrected chi connectivity index (χ1v) is 10.2. The summed E-state index contributed by atoms with van der Waals surface area (Å²) < 4.78 is 10.9. The third kappa shape index (κ3) is 4.58. The second kappa shape index (κ2) is 8.78. The standard InChI is InChI=1S/C24H30N2O4/c1-24(2,3)23(28)25-17-9-6-8-16(14-17)22(27)26-13-7-10-20(26)19-12-11-18(29-4)15-21(19)30-5/h6,8-9,11-12,14-15,20H,7,10,13H2,1-5H3,(H,25,28)/t20-/m0/s1. The van der Waals surface area contributed by atoms with Crippen LogP contribution in [-0.4, -0.2) is 37.5 Å². The summed E-state index contributed by atoms with van der Waals surface area (Å²) >= 11 is 0. The monoisotopic (exact) mass is 410 g/mol. The predicted octanol–water partition coefficient (Wildman–Crippen LogP) is 4.67. The van der Waals surface area contributed by atoms with Crippen molar-refractivity contribution in [1.29, 1.82) is 0 Å². The Kier molecular flexibility index (Phi) is 6.34. The van der Waals surface area contributed by atoms with Crippen LogP contribution in [0.3, 0.4) is 0 Å². The molecule has 6 heteroatoms. The lowest BCUT2D eigenvalue weighted by atomic mass is 9.95. The minimum absolute atomic E-state index is 0.0535. The zero-order chi connectivity index (χ0) is 21.9. The fraction of sp³-hybridized carbons (Fsp3) is 0.417. The van der Waals surface area contributed by atoms with Gasteiger partial charge in [-0.15, -0.1) is 0 Å². The molecule has 1 saturated heterocycles. The van der Waals surface area contributed by atoms with E-state index in [0.29, 0.717) is 29.3 Å². The Hall–Kier alpha value is -3.02. The van der Waals surface area contributed by atoms with E-state index < -0.39 is 5.41 Å². The van der Waals surface area contributed by atoms with Gasteiger partial charge in [-0.05, 0) is 43.2 Å². The number of ether oxygens (including phenoxy) is 2. The molecule has 6 nitrogen and oxygen atoms in total. The summed E-state index contributed by atoms with van der Waals surface area (Å²) in [5.41, 5.74) is 1.64. The third-order valence-corrected chi connectivity index (χ3v) is 5.36. The van der Waals surface area contributed by atoms with Crippen LogP contribution in [0.5, 0.6) is 11.5 Å². The van der Waals surface area contributed by atoms with Crippen LogP contribution in [0.1, 0.15) is 55.6 Å². The maximum atomic E-state index is 13.3. The van der Waals surface area contributed by atoms with E-state index in [2.05, 4.69) is 5.32 Å². The van der Waals surface area contributed by atoms with Crippen LogP contribution in [0.15, 0.2) is 42.5 Å². The molecule has 0 bridgehead atoms. The van der Waals surface area contributed by atoms with Crippen LogP contribution < -0.4 is 14.8 Å². The second-order valence-corrected chi connectivity index (χ2v) is 8.55.